The number of alkyl halides is 3. The predicted molar refractivity (Wildman–Crippen MR) is 106 cm³/mol. The van der Waals surface area contributed by atoms with E-state index < -0.39 is 11.7 Å². The van der Waals surface area contributed by atoms with Crippen molar-refractivity contribution in [2.75, 3.05) is 0 Å². The van der Waals surface area contributed by atoms with E-state index in [1.165, 1.54) is 4.40 Å². The third-order valence-electron chi connectivity index (χ3n) is 4.69. The van der Waals surface area contributed by atoms with Gasteiger partial charge in [-0.15, -0.1) is 0 Å². The minimum atomic E-state index is -4.59. The maximum Gasteiger partial charge on any atom is 0.417 e. The molecule has 0 atom stereocenters. The fraction of sp³-hybridized carbons (Fsp3) is 0.333. The van der Waals surface area contributed by atoms with Gasteiger partial charge in [0.25, 0.3) is 5.91 Å². The molecule has 0 bridgehead atoms. The van der Waals surface area contributed by atoms with Gasteiger partial charge in [0.1, 0.15) is 5.69 Å². The molecule has 2 aromatic heterocycles. The molecule has 0 fully saturated rings. The molecule has 0 aliphatic carbocycles. The molecule has 0 unspecified atom stereocenters. The molecule has 3 aromatic rings. The largest absolute Gasteiger partial charge is 0.417 e. The molecular weight excluding hydrogens is 403 g/mol. The molecule has 0 spiro atoms. The first-order valence-electron chi connectivity index (χ1n) is 9.26. The molecule has 2 heterocycles. The van der Waals surface area contributed by atoms with E-state index in [-0.39, 0.29) is 28.3 Å². The van der Waals surface area contributed by atoms with Crippen molar-refractivity contribution in [2.24, 2.45) is 0 Å². The van der Waals surface area contributed by atoms with Gasteiger partial charge in [0.15, 0.2) is 5.65 Å². The summed E-state index contributed by atoms with van der Waals surface area (Å²) in [4.78, 5) is 19.4. The summed E-state index contributed by atoms with van der Waals surface area (Å²) >= 11 is 6.08. The fourth-order valence-electron chi connectivity index (χ4n) is 3.18. The molecule has 154 valence electrons. The zero-order valence-electron chi connectivity index (χ0n) is 16.3. The van der Waals surface area contributed by atoms with E-state index in [2.05, 4.69) is 4.98 Å². The van der Waals surface area contributed by atoms with Crippen LogP contribution in [0.5, 0.6) is 0 Å². The summed E-state index contributed by atoms with van der Waals surface area (Å²) in [5.74, 6) is -0.386. The van der Waals surface area contributed by atoms with E-state index in [0.29, 0.717) is 18.7 Å². The Hall–Kier alpha value is -2.54. The van der Waals surface area contributed by atoms with Gasteiger partial charge in [0.05, 0.1) is 16.3 Å². The highest BCUT2D eigenvalue weighted by molar-refractivity contribution is 6.33. The average molecular weight is 424 g/mol. The van der Waals surface area contributed by atoms with Crippen molar-refractivity contribution >= 4 is 23.2 Å². The van der Waals surface area contributed by atoms with E-state index in [9.17, 15) is 18.0 Å². The summed E-state index contributed by atoms with van der Waals surface area (Å²) in [6.45, 7) is 5.86. The molecule has 3 rings (SSSR count). The maximum atomic E-state index is 13.5. The van der Waals surface area contributed by atoms with Crippen molar-refractivity contribution in [3.8, 4) is 0 Å². The van der Waals surface area contributed by atoms with Crippen LogP contribution >= 0.6 is 11.6 Å². The molecule has 1 aromatic carbocycles. The quantitative estimate of drug-likeness (QED) is 0.534. The van der Waals surface area contributed by atoms with Crippen LogP contribution in [0.3, 0.4) is 0 Å². The number of carbonyl (C=O) groups is 1. The smallest absolute Gasteiger partial charge is 0.331 e. The van der Waals surface area contributed by atoms with Crippen LogP contribution in [0.25, 0.3) is 5.65 Å². The van der Waals surface area contributed by atoms with Crippen molar-refractivity contribution in [3.63, 3.8) is 0 Å². The molecule has 29 heavy (non-hydrogen) atoms. The second-order valence-corrected chi connectivity index (χ2v) is 7.45. The van der Waals surface area contributed by atoms with Crippen LogP contribution in [-0.2, 0) is 19.1 Å². The molecule has 0 saturated carbocycles. The zero-order valence-corrected chi connectivity index (χ0v) is 17.1. The molecule has 8 heteroatoms. The van der Waals surface area contributed by atoms with Crippen LogP contribution < -0.4 is 0 Å². The highest BCUT2D eigenvalue weighted by atomic mass is 35.5. The monoisotopic (exact) mass is 423 g/mol. The van der Waals surface area contributed by atoms with Crippen molar-refractivity contribution in [1.82, 2.24) is 14.3 Å². The molecule has 4 nitrogen and oxygen atoms in total. The lowest BCUT2D eigenvalue weighted by Gasteiger charge is -2.27. The van der Waals surface area contributed by atoms with Crippen LogP contribution in [0.4, 0.5) is 13.2 Å². The molecule has 0 N–H and O–H groups in total. The number of nitrogens with zero attached hydrogens (tertiary/aromatic N) is 3. The standard InChI is InChI=1S/C21H21ClF3N3O/c1-4-17-18(20(29)27(13(2)3)11-14-8-6-5-7-9-14)28-12-15(21(23,24)25)10-16(22)19(28)26-17/h5-10,12-13H,4,11H2,1-3H3. The van der Waals surface area contributed by atoms with Gasteiger partial charge in [0.2, 0.25) is 0 Å². The maximum absolute atomic E-state index is 13.5. The first kappa shape index (κ1) is 21.2. The molecule has 1 amide bonds. The van der Waals surface area contributed by atoms with Crippen LogP contribution in [0, 0.1) is 0 Å². The summed E-state index contributed by atoms with van der Waals surface area (Å²) < 4.78 is 41.1. The Labute approximate surface area is 171 Å². The van der Waals surface area contributed by atoms with Crippen molar-refractivity contribution in [1.29, 1.82) is 0 Å². The lowest BCUT2D eigenvalue weighted by atomic mass is 10.1. The average Bonchev–Trinajstić information content (AvgIpc) is 3.04. The Kier molecular flexibility index (Phi) is 5.89. The minimum absolute atomic E-state index is 0.111. The van der Waals surface area contributed by atoms with Gasteiger partial charge in [-0.2, -0.15) is 13.2 Å². The van der Waals surface area contributed by atoms with Gasteiger partial charge in [-0.05, 0) is 31.9 Å². The number of benzene rings is 1. The number of halogens is 4. The predicted octanol–water partition coefficient (Wildman–Crippen LogP) is 5.62. The normalized spacial score (nSPS) is 12.0. The lowest BCUT2D eigenvalue weighted by Crippen LogP contribution is -2.37. The Morgan fingerprint density at radius 3 is 2.45 bits per heavy atom. The van der Waals surface area contributed by atoms with E-state index in [0.717, 1.165) is 17.8 Å². The fourth-order valence-corrected chi connectivity index (χ4v) is 3.44. The van der Waals surface area contributed by atoms with Gasteiger partial charge in [0, 0.05) is 18.8 Å². The first-order chi connectivity index (χ1) is 13.6. The summed E-state index contributed by atoms with van der Waals surface area (Å²) in [6, 6.07) is 10.1. The van der Waals surface area contributed by atoms with E-state index in [1.54, 1.807) is 11.8 Å². The zero-order chi connectivity index (χ0) is 21.3. The minimum Gasteiger partial charge on any atom is -0.331 e. The lowest BCUT2D eigenvalue weighted by molar-refractivity contribution is -0.137. The van der Waals surface area contributed by atoms with Crippen LogP contribution in [-0.4, -0.2) is 26.2 Å². The van der Waals surface area contributed by atoms with Gasteiger partial charge in [-0.25, -0.2) is 4.98 Å². The number of hydrogen-bond donors (Lipinski definition) is 0. The number of fused-ring (bicyclic) bond motifs is 1. The number of pyridine rings is 1. The third kappa shape index (κ3) is 4.24. The highest BCUT2D eigenvalue weighted by Crippen LogP contribution is 2.33. The van der Waals surface area contributed by atoms with Crippen LogP contribution in [0.1, 0.15) is 48.1 Å². The number of aromatic nitrogens is 2. The van der Waals surface area contributed by atoms with Crippen LogP contribution in [0.2, 0.25) is 5.02 Å². The number of rotatable bonds is 5. The highest BCUT2D eigenvalue weighted by Gasteiger charge is 2.34. The number of aryl methyl sites for hydroxylation is 1. The van der Waals surface area contributed by atoms with Crippen molar-refractivity contribution in [3.05, 3.63) is 70.1 Å². The Bertz CT molecular complexity index is 1030. The van der Waals surface area contributed by atoms with E-state index in [1.807, 2.05) is 44.2 Å². The second kappa shape index (κ2) is 8.06. The summed E-state index contributed by atoms with van der Waals surface area (Å²) in [6.07, 6.45) is -3.31. The first-order valence-corrected chi connectivity index (χ1v) is 9.63. The molecular formula is C21H21ClF3N3O. The summed E-state index contributed by atoms with van der Waals surface area (Å²) in [7, 11) is 0. The summed E-state index contributed by atoms with van der Waals surface area (Å²) in [5.41, 5.74) is 0.664. The van der Waals surface area contributed by atoms with E-state index in [4.69, 9.17) is 11.6 Å². The number of imidazole rings is 1. The number of amides is 1. The molecule has 0 aliphatic rings. The third-order valence-corrected chi connectivity index (χ3v) is 4.97. The number of hydrogen-bond acceptors (Lipinski definition) is 2. The van der Waals surface area contributed by atoms with Gasteiger partial charge in [-0.1, -0.05) is 48.9 Å². The van der Waals surface area contributed by atoms with Gasteiger partial charge in [-0.3, -0.25) is 9.20 Å². The Balaban J connectivity index is 2.15. The Morgan fingerprint density at radius 2 is 1.90 bits per heavy atom. The topological polar surface area (TPSA) is 37.6 Å². The molecule has 0 aliphatic heterocycles. The second-order valence-electron chi connectivity index (χ2n) is 7.04. The SMILES string of the molecule is CCc1nc2c(Cl)cc(C(F)(F)F)cn2c1C(=O)N(Cc1ccccc1)C(C)C. The van der Waals surface area contributed by atoms with E-state index >= 15 is 0 Å². The van der Waals surface area contributed by atoms with Crippen LogP contribution in [0.15, 0.2) is 42.6 Å². The molecule has 0 saturated heterocycles. The van der Waals surface area contributed by atoms with Crippen molar-refractivity contribution in [2.45, 2.75) is 46.0 Å². The van der Waals surface area contributed by atoms with Crippen molar-refractivity contribution < 1.29 is 18.0 Å². The molecule has 0 radical (unpaired) electrons. The number of carbonyl (C=O) groups excluding carboxylic acids is 1. The van der Waals surface area contributed by atoms with Gasteiger partial charge >= 0.3 is 6.18 Å². The Morgan fingerprint density at radius 1 is 1.24 bits per heavy atom. The van der Waals surface area contributed by atoms with Gasteiger partial charge < -0.3 is 4.90 Å². The summed E-state index contributed by atoms with van der Waals surface area (Å²) in [5, 5.41) is -0.146.